The minimum Gasteiger partial charge on any atom is -0.480 e. The van der Waals surface area contributed by atoms with Crippen LogP contribution in [0.4, 0.5) is 0 Å². The van der Waals surface area contributed by atoms with Crippen LogP contribution in [-0.2, 0) is 11.2 Å². The van der Waals surface area contributed by atoms with Crippen molar-refractivity contribution in [2.24, 2.45) is 5.92 Å². The molecule has 0 radical (unpaired) electrons. The first-order chi connectivity index (χ1) is 8.58. The molecule has 0 bridgehead atoms. The molecular weight excluding hydrogens is 250 g/mol. The maximum atomic E-state index is 11.9. The van der Waals surface area contributed by atoms with Gasteiger partial charge in [-0.2, -0.15) is 0 Å². The summed E-state index contributed by atoms with van der Waals surface area (Å²) in [6.07, 6.45) is 0.217. The molecule has 0 aromatic heterocycles. The summed E-state index contributed by atoms with van der Waals surface area (Å²) < 4.78 is 5.61. The molecule has 1 aliphatic heterocycles. The number of carbonyl (C=O) groups is 1. The topological polar surface area (TPSA) is 38.3 Å². The SMILES string of the molecule is CC(C)C(Cl)CNC(=O)C1Cc2ccccc2O1. The molecule has 1 amide bonds. The quantitative estimate of drug-likeness (QED) is 0.851. The second-order valence-corrected chi connectivity index (χ2v) is 5.48. The van der Waals surface area contributed by atoms with Crippen molar-refractivity contribution in [3.63, 3.8) is 0 Å². The summed E-state index contributed by atoms with van der Waals surface area (Å²) in [7, 11) is 0. The second kappa shape index (κ2) is 5.61. The Hall–Kier alpha value is -1.22. The zero-order chi connectivity index (χ0) is 13.1. The van der Waals surface area contributed by atoms with Crippen molar-refractivity contribution in [1.82, 2.24) is 5.32 Å². The zero-order valence-electron chi connectivity index (χ0n) is 10.7. The van der Waals surface area contributed by atoms with Gasteiger partial charge in [0.1, 0.15) is 5.75 Å². The lowest BCUT2D eigenvalue weighted by Crippen LogP contribution is -2.40. The van der Waals surface area contributed by atoms with Crippen molar-refractivity contribution in [2.45, 2.75) is 31.7 Å². The van der Waals surface area contributed by atoms with Crippen LogP contribution in [0.15, 0.2) is 24.3 Å². The number of hydrogen-bond donors (Lipinski definition) is 1. The lowest BCUT2D eigenvalue weighted by Gasteiger charge is -2.16. The summed E-state index contributed by atoms with van der Waals surface area (Å²) in [5.41, 5.74) is 1.09. The first-order valence-electron chi connectivity index (χ1n) is 6.24. The molecule has 1 aromatic rings. The predicted molar refractivity (Wildman–Crippen MR) is 72.1 cm³/mol. The van der Waals surface area contributed by atoms with E-state index in [2.05, 4.69) is 5.32 Å². The number of nitrogens with one attached hydrogen (secondary N) is 1. The third-order valence-electron chi connectivity index (χ3n) is 3.13. The molecule has 0 saturated heterocycles. The van der Waals surface area contributed by atoms with Gasteiger partial charge in [0.05, 0.1) is 5.38 Å². The van der Waals surface area contributed by atoms with Crippen LogP contribution < -0.4 is 10.1 Å². The Bertz CT molecular complexity index is 409. The van der Waals surface area contributed by atoms with E-state index in [0.717, 1.165) is 11.3 Å². The fraction of sp³-hybridized carbons (Fsp3) is 0.500. The zero-order valence-corrected chi connectivity index (χ0v) is 11.4. The van der Waals surface area contributed by atoms with Crippen LogP contribution >= 0.6 is 11.6 Å². The number of alkyl halides is 1. The number of rotatable bonds is 4. The summed E-state index contributed by atoms with van der Waals surface area (Å²) in [4.78, 5) is 11.9. The van der Waals surface area contributed by atoms with Crippen LogP contribution in [0, 0.1) is 5.92 Å². The molecule has 2 atom stereocenters. The molecule has 0 spiro atoms. The van der Waals surface area contributed by atoms with Gasteiger partial charge in [0.2, 0.25) is 0 Å². The van der Waals surface area contributed by atoms with Crippen LogP contribution in [0.5, 0.6) is 5.75 Å². The Labute approximate surface area is 112 Å². The average molecular weight is 268 g/mol. The van der Waals surface area contributed by atoms with Crippen molar-refractivity contribution >= 4 is 17.5 Å². The molecule has 2 unspecified atom stereocenters. The summed E-state index contributed by atoms with van der Waals surface area (Å²) >= 11 is 6.10. The van der Waals surface area contributed by atoms with Gasteiger partial charge in [-0.25, -0.2) is 0 Å². The van der Waals surface area contributed by atoms with Gasteiger partial charge in [-0.05, 0) is 17.5 Å². The third kappa shape index (κ3) is 2.96. The first-order valence-corrected chi connectivity index (χ1v) is 6.68. The Morgan fingerprint density at radius 3 is 2.89 bits per heavy atom. The monoisotopic (exact) mass is 267 g/mol. The Kier molecular flexibility index (Phi) is 4.12. The molecule has 1 aromatic carbocycles. The molecule has 4 heteroatoms. The van der Waals surface area contributed by atoms with E-state index in [9.17, 15) is 4.79 Å². The average Bonchev–Trinajstić information content (AvgIpc) is 2.79. The van der Waals surface area contributed by atoms with Gasteiger partial charge in [-0.15, -0.1) is 11.6 Å². The number of para-hydroxylation sites is 1. The molecule has 0 aliphatic carbocycles. The number of halogens is 1. The van der Waals surface area contributed by atoms with Gasteiger partial charge in [0, 0.05) is 13.0 Å². The maximum absolute atomic E-state index is 11.9. The number of fused-ring (bicyclic) bond motifs is 1. The summed E-state index contributed by atoms with van der Waals surface area (Å²) in [6.45, 7) is 4.55. The van der Waals surface area contributed by atoms with Crippen molar-refractivity contribution in [2.75, 3.05) is 6.54 Å². The van der Waals surface area contributed by atoms with Crippen molar-refractivity contribution in [3.05, 3.63) is 29.8 Å². The lowest BCUT2D eigenvalue weighted by molar-refractivity contribution is -0.127. The van der Waals surface area contributed by atoms with Crippen molar-refractivity contribution < 1.29 is 9.53 Å². The van der Waals surface area contributed by atoms with E-state index in [4.69, 9.17) is 16.3 Å². The summed E-state index contributed by atoms with van der Waals surface area (Å²) in [6, 6.07) is 7.74. The number of benzene rings is 1. The maximum Gasteiger partial charge on any atom is 0.261 e. The number of ether oxygens (including phenoxy) is 1. The summed E-state index contributed by atoms with van der Waals surface area (Å²) in [5.74, 6) is 1.06. The van der Waals surface area contributed by atoms with E-state index in [0.29, 0.717) is 18.9 Å². The molecule has 1 aliphatic rings. The number of hydrogen-bond acceptors (Lipinski definition) is 2. The van der Waals surface area contributed by atoms with Gasteiger partial charge < -0.3 is 10.1 Å². The van der Waals surface area contributed by atoms with Crippen LogP contribution in [0.2, 0.25) is 0 Å². The Morgan fingerprint density at radius 1 is 1.50 bits per heavy atom. The van der Waals surface area contributed by atoms with Crippen molar-refractivity contribution in [3.8, 4) is 5.75 Å². The lowest BCUT2D eigenvalue weighted by atomic mass is 10.1. The highest BCUT2D eigenvalue weighted by Crippen LogP contribution is 2.28. The molecular formula is C14H18ClNO2. The fourth-order valence-corrected chi connectivity index (χ4v) is 1.95. The fourth-order valence-electron chi connectivity index (χ4n) is 1.88. The van der Waals surface area contributed by atoms with Gasteiger partial charge in [-0.1, -0.05) is 32.0 Å². The normalized spacial score (nSPS) is 19.2. The molecule has 98 valence electrons. The summed E-state index contributed by atoms with van der Waals surface area (Å²) in [5, 5.41) is 2.80. The van der Waals surface area contributed by atoms with E-state index in [1.165, 1.54) is 0 Å². The minimum atomic E-state index is -0.418. The van der Waals surface area contributed by atoms with E-state index in [1.54, 1.807) is 0 Å². The smallest absolute Gasteiger partial charge is 0.261 e. The van der Waals surface area contributed by atoms with Crippen LogP contribution in [0.1, 0.15) is 19.4 Å². The minimum absolute atomic E-state index is 0.0438. The van der Waals surface area contributed by atoms with E-state index in [-0.39, 0.29) is 11.3 Å². The standard InChI is InChI=1S/C14H18ClNO2/c1-9(2)11(15)8-16-14(17)13-7-10-5-3-4-6-12(10)18-13/h3-6,9,11,13H,7-8H2,1-2H3,(H,16,17). The third-order valence-corrected chi connectivity index (χ3v) is 3.79. The van der Waals surface area contributed by atoms with Gasteiger partial charge in [-0.3, -0.25) is 4.79 Å². The predicted octanol–water partition coefficient (Wildman–Crippen LogP) is 2.37. The highest BCUT2D eigenvalue weighted by Gasteiger charge is 2.28. The second-order valence-electron chi connectivity index (χ2n) is 4.92. The Morgan fingerprint density at radius 2 is 2.22 bits per heavy atom. The largest absolute Gasteiger partial charge is 0.480 e. The van der Waals surface area contributed by atoms with E-state index >= 15 is 0 Å². The van der Waals surface area contributed by atoms with Crippen molar-refractivity contribution in [1.29, 1.82) is 0 Å². The molecule has 0 fully saturated rings. The van der Waals surface area contributed by atoms with Crippen LogP contribution in [0.25, 0.3) is 0 Å². The van der Waals surface area contributed by atoms with Crippen LogP contribution in [0.3, 0.4) is 0 Å². The molecule has 1 heterocycles. The highest BCUT2D eigenvalue weighted by atomic mass is 35.5. The Balaban J connectivity index is 1.86. The van der Waals surface area contributed by atoms with Gasteiger partial charge >= 0.3 is 0 Å². The number of amides is 1. The van der Waals surface area contributed by atoms with Gasteiger partial charge in [0.25, 0.3) is 5.91 Å². The molecule has 2 rings (SSSR count). The molecule has 18 heavy (non-hydrogen) atoms. The molecule has 1 N–H and O–H groups in total. The first kappa shape index (κ1) is 13.2. The molecule has 0 saturated carbocycles. The number of carbonyl (C=O) groups excluding carboxylic acids is 1. The molecule has 3 nitrogen and oxygen atoms in total. The van der Waals surface area contributed by atoms with E-state index < -0.39 is 6.10 Å². The van der Waals surface area contributed by atoms with Crippen LogP contribution in [-0.4, -0.2) is 23.9 Å². The van der Waals surface area contributed by atoms with Gasteiger partial charge in [0.15, 0.2) is 6.10 Å². The van der Waals surface area contributed by atoms with E-state index in [1.807, 2.05) is 38.1 Å². The highest BCUT2D eigenvalue weighted by molar-refractivity contribution is 6.21.